The van der Waals surface area contributed by atoms with Crippen LogP contribution in [0.2, 0.25) is 0 Å². The van der Waals surface area contributed by atoms with Gasteiger partial charge in [0.2, 0.25) is 11.6 Å². The molecule has 0 unspecified atom stereocenters. The molecule has 172 valence electrons. The molecule has 0 saturated heterocycles. The summed E-state index contributed by atoms with van der Waals surface area (Å²) in [6, 6.07) is 12.1. The highest BCUT2D eigenvalue weighted by atomic mass is 19.1. The molecule has 13 nitrogen and oxygen atoms in total. The average molecular weight is 464 g/mol. The van der Waals surface area contributed by atoms with Gasteiger partial charge in [0.15, 0.2) is 5.69 Å². The molecule has 0 saturated carbocycles. The lowest BCUT2D eigenvalue weighted by molar-refractivity contribution is 0.0947. The van der Waals surface area contributed by atoms with Crippen LogP contribution in [0.1, 0.15) is 32.1 Å². The van der Waals surface area contributed by atoms with Gasteiger partial charge in [-0.15, -0.1) is 5.10 Å². The second kappa shape index (κ2) is 9.56. The van der Waals surface area contributed by atoms with E-state index in [-0.39, 0.29) is 35.1 Å². The van der Waals surface area contributed by atoms with Gasteiger partial charge in [-0.25, -0.2) is 14.4 Å². The van der Waals surface area contributed by atoms with Crippen molar-refractivity contribution < 1.29 is 18.6 Å². The summed E-state index contributed by atoms with van der Waals surface area (Å²) < 4.78 is 18.8. The first kappa shape index (κ1) is 22.1. The number of nitrogens with zero attached hydrogens (tertiary/aromatic N) is 6. The molecule has 2 aromatic heterocycles. The van der Waals surface area contributed by atoms with Gasteiger partial charge in [-0.2, -0.15) is 9.78 Å². The maximum absolute atomic E-state index is 13.0. The fraction of sp³-hybridized carbons (Fsp3) is 0.0500. The maximum Gasteiger partial charge on any atom is 0.293 e. The fourth-order valence-electron chi connectivity index (χ4n) is 2.94. The van der Waals surface area contributed by atoms with Crippen molar-refractivity contribution in [1.29, 1.82) is 0 Å². The summed E-state index contributed by atoms with van der Waals surface area (Å²) >= 11 is 0. The van der Waals surface area contributed by atoms with E-state index in [1.807, 2.05) is 0 Å². The van der Waals surface area contributed by atoms with Gasteiger partial charge in [0.1, 0.15) is 5.82 Å². The Labute approximate surface area is 190 Å². The number of benzene rings is 2. The molecule has 0 aliphatic carbocycles. The van der Waals surface area contributed by atoms with Crippen LogP contribution in [0.3, 0.4) is 0 Å². The highest BCUT2D eigenvalue weighted by Crippen LogP contribution is 2.19. The number of hydrogen-bond acceptors (Lipinski definition) is 10. The second-order valence-electron chi connectivity index (χ2n) is 6.78. The molecular weight excluding hydrogens is 447 g/mol. The Bertz CT molecular complexity index is 1360. The Kier molecular flexibility index (Phi) is 6.20. The lowest BCUT2D eigenvalue weighted by atomic mass is 10.1. The predicted molar refractivity (Wildman–Crippen MR) is 117 cm³/mol. The Hall–Kier alpha value is -5.14. The lowest BCUT2D eigenvalue weighted by Crippen LogP contribution is -2.22. The van der Waals surface area contributed by atoms with E-state index in [0.717, 1.165) is 0 Å². The number of carbonyl (C=O) groups excluding carboxylic acids is 2. The highest BCUT2D eigenvalue weighted by molar-refractivity contribution is 5.98. The first-order valence-corrected chi connectivity index (χ1v) is 9.68. The summed E-state index contributed by atoms with van der Waals surface area (Å²) in [5.74, 6) is -1.78. The van der Waals surface area contributed by atoms with Crippen LogP contribution in [0, 0.1) is 5.82 Å². The normalized spacial score (nSPS) is 11.0. The van der Waals surface area contributed by atoms with Gasteiger partial charge < -0.3 is 16.8 Å². The first-order chi connectivity index (χ1) is 16.4. The number of anilines is 2. The van der Waals surface area contributed by atoms with E-state index >= 15 is 0 Å². The predicted octanol–water partition coefficient (Wildman–Crippen LogP) is 0.847. The smallest absolute Gasteiger partial charge is 0.293 e. The number of nitrogen functional groups attached to an aromatic ring is 1. The van der Waals surface area contributed by atoms with Crippen molar-refractivity contribution in [2.45, 2.75) is 6.54 Å². The molecular formula is C20H17FN10O3. The van der Waals surface area contributed by atoms with Gasteiger partial charge >= 0.3 is 0 Å². The van der Waals surface area contributed by atoms with Crippen LogP contribution in [-0.4, -0.2) is 43.3 Å². The number of amides is 2. The Morgan fingerprint density at radius 3 is 2.62 bits per heavy atom. The quantitative estimate of drug-likeness (QED) is 0.216. The van der Waals surface area contributed by atoms with Crippen molar-refractivity contribution in [3.63, 3.8) is 0 Å². The number of carbonyl (C=O) groups is 2. The van der Waals surface area contributed by atoms with Crippen molar-refractivity contribution in [1.82, 2.24) is 30.7 Å². The van der Waals surface area contributed by atoms with Crippen molar-refractivity contribution in [3.8, 4) is 5.82 Å². The number of para-hydroxylation sites is 1. The van der Waals surface area contributed by atoms with E-state index in [9.17, 15) is 14.0 Å². The van der Waals surface area contributed by atoms with Gasteiger partial charge in [0, 0.05) is 5.69 Å². The van der Waals surface area contributed by atoms with Crippen LogP contribution >= 0.6 is 0 Å². The largest absolute Gasteiger partial charge is 0.379 e. The van der Waals surface area contributed by atoms with E-state index in [4.69, 9.17) is 11.5 Å². The summed E-state index contributed by atoms with van der Waals surface area (Å²) in [4.78, 5) is 24.5. The number of nitrogens with one attached hydrogen (secondary N) is 2. The van der Waals surface area contributed by atoms with E-state index in [0.29, 0.717) is 11.3 Å². The molecule has 2 heterocycles. The minimum Gasteiger partial charge on any atom is -0.379 e. The van der Waals surface area contributed by atoms with E-state index in [1.54, 1.807) is 24.3 Å². The van der Waals surface area contributed by atoms with E-state index < -0.39 is 17.6 Å². The molecule has 0 atom stereocenters. The number of aromatic nitrogens is 5. The number of primary amides is 1. The molecule has 2 amide bonds. The third-order valence-electron chi connectivity index (χ3n) is 4.56. The number of rotatable bonds is 8. The van der Waals surface area contributed by atoms with Crippen molar-refractivity contribution >= 4 is 29.5 Å². The Morgan fingerprint density at radius 1 is 1.15 bits per heavy atom. The van der Waals surface area contributed by atoms with Crippen LogP contribution in [0.15, 0.2) is 58.3 Å². The molecule has 2 aromatic carbocycles. The van der Waals surface area contributed by atoms with Crippen molar-refractivity contribution in [2.24, 2.45) is 10.8 Å². The van der Waals surface area contributed by atoms with Crippen LogP contribution in [0.25, 0.3) is 5.82 Å². The molecule has 14 heteroatoms. The van der Waals surface area contributed by atoms with Gasteiger partial charge in [0.05, 0.1) is 24.0 Å². The highest BCUT2D eigenvalue weighted by Gasteiger charge is 2.24. The molecule has 0 fully saturated rings. The van der Waals surface area contributed by atoms with Crippen LogP contribution in [-0.2, 0) is 6.54 Å². The molecule has 0 spiro atoms. The summed E-state index contributed by atoms with van der Waals surface area (Å²) in [5, 5.41) is 21.9. The zero-order chi connectivity index (χ0) is 24.1. The summed E-state index contributed by atoms with van der Waals surface area (Å²) in [6.45, 7) is -0.0337. The first-order valence-electron chi connectivity index (χ1n) is 9.68. The molecule has 0 aliphatic heterocycles. The SMILES string of the molecule is NC(=O)c1ccccc1NCc1c(C(=O)N/N=C/c2ccc(F)cc2)nnn1-c1nonc1N. The zero-order valence-electron chi connectivity index (χ0n) is 17.3. The maximum atomic E-state index is 13.0. The molecule has 6 N–H and O–H groups in total. The molecule has 0 bridgehead atoms. The molecule has 0 aliphatic rings. The molecule has 4 aromatic rings. The number of halogens is 1. The summed E-state index contributed by atoms with van der Waals surface area (Å²) in [7, 11) is 0. The minimum atomic E-state index is -0.695. The topological polar surface area (TPSA) is 192 Å². The monoisotopic (exact) mass is 464 g/mol. The number of hydrogen-bond donors (Lipinski definition) is 4. The van der Waals surface area contributed by atoms with Crippen LogP contribution in [0.4, 0.5) is 15.9 Å². The van der Waals surface area contributed by atoms with Gasteiger partial charge in [-0.05, 0) is 40.1 Å². The van der Waals surface area contributed by atoms with E-state index in [2.05, 4.69) is 41.1 Å². The van der Waals surface area contributed by atoms with Crippen molar-refractivity contribution in [2.75, 3.05) is 11.1 Å². The molecule has 0 radical (unpaired) electrons. The van der Waals surface area contributed by atoms with Crippen LogP contribution in [0.5, 0.6) is 0 Å². The third kappa shape index (κ3) is 4.69. The Balaban J connectivity index is 1.60. The average Bonchev–Trinajstić information content (AvgIpc) is 3.44. The van der Waals surface area contributed by atoms with E-state index in [1.165, 1.54) is 35.2 Å². The third-order valence-corrected chi connectivity index (χ3v) is 4.56. The number of hydrazone groups is 1. The lowest BCUT2D eigenvalue weighted by Gasteiger charge is -2.11. The van der Waals surface area contributed by atoms with Crippen molar-refractivity contribution in [3.05, 3.63) is 76.9 Å². The van der Waals surface area contributed by atoms with Gasteiger partial charge in [-0.3, -0.25) is 9.59 Å². The summed E-state index contributed by atoms with van der Waals surface area (Å²) in [6.07, 6.45) is 1.34. The standard InChI is InChI=1S/C20H17FN10O3/c21-12-7-5-11(6-8-12)9-25-27-20(33)16-15(31(30-26-16)19-17(22)28-34-29-19)10-24-14-4-2-1-3-13(14)18(23)32/h1-9,24H,10H2,(H2,22,28)(H2,23,32)(H,27,33)/b25-9+. The molecule has 4 rings (SSSR count). The molecule has 34 heavy (non-hydrogen) atoms. The fourth-order valence-corrected chi connectivity index (χ4v) is 2.94. The second-order valence-corrected chi connectivity index (χ2v) is 6.78. The van der Waals surface area contributed by atoms with Crippen LogP contribution < -0.4 is 22.2 Å². The minimum absolute atomic E-state index is 0.0151. The number of nitrogens with two attached hydrogens (primary N) is 2. The Morgan fingerprint density at radius 2 is 1.91 bits per heavy atom. The zero-order valence-corrected chi connectivity index (χ0v) is 17.3. The van der Waals surface area contributed by atoms with Gasteiger partial charge in [0.25, 0.3) is 11.8 Å². The summed E-state index contributed by atoms with van der Waals surface area (Å²) in [5.41, 5.74) is 14.9. The van der Waals surface area contributed by atoms with Gasteiger partial charge in [-0.1, -0.05) is 29.5 Å².